The monoisotopic (exact) mass is 356 g/mol. The molecule has 0 aromatic carbocycles. The molecule has 1 fully saturated rings. The predicted octanol–water partition coefficient (Wildman–Crippen LogP) is 2.64. The van der Waals surface area contributed by atoms with Crippen molar-refractivity contribution >= 4 is 22.5 Å². The highest BCUT2D eigenvalue weighted by atomic mass is 16.3. The van der Waals surface area contributed by atoms with Gasteiger partial charge in [-0.25, -0.2) is 4.68 Å². The topological polar surface area (TPSA) is 81.5 Å². The highest BCUT2D eigenvalue weighted by Crippen LogP contribution is 2.26. The van der Waals surface area contributed by atoms with Gasteiger partial charge in [0.15, 0.2) is 5.58 Å². The number of carbonyl (C=O) groups excluding carboxylic acids is 1. The summed E-state index contributed by atoms with van der Waals surface area (Å²) in [5.41, 5.74) is 1.63. The summed E-state index contributed by atoms with van der Waals surface area (Å²) in [4.78, 5) is 25.2. The molecule has 1 N–H and O–H groups in total. The summed E-state index contributed by atoms with van der Waals surface area (Å²) in [5.74, 6) is 1.000. The van der Waals surface area contributed by atoms with Crippen molar-refractivity contribution in [2.75, 3.05) is 0 Å². The molecule has 1 amide bonds. The number of hydrogen-bond acceptors (Lipinski definition) is 4. The average Bonchev–Trinajstić information content (AvgIpc) is 3.21. The predicted molar refractivity (Wildman–Crippen MR) is 98.1 cm³/mol. The number of nitrogens with one attached hydrogen (secondary N) is 1. The molecule has 7 nitrogen and oxygen atoms in total. The van der Waals surface area contributed by atoms with Crippen molar-refractivity contribution in [3.05, 3.63) is 34.6 Å². The summed E-state index contributed by atoms with van der Waals surface area (Å²) in [6.07, 6.45) is 7.66. The quantitative estimate of drug-likeness (QED) is 0.779. The Morgan fingerprint density at radius 1 is 1.35 bits per heavy atom. The first-order valence-corrected chi connectivity index (χ1v) is 9.30. The van der Waals surface area contributed by atoms with Gasteiger partial charge in [-0.1, -0.05) is 19.3 Å². The first kappa shape index (κ1) is 16.9. The Balaban J connectivity index is 1.55. The summed E-state index contributed by atoms with van der Waals surface area (Å²) in [7, 11) is 0. The van der Waals surface area contributed by atoms with E-state index in [-0.39, 0.29) is 24.1 Å². The van der Waals surface area contributed by atoms with Gasteiger partial charge in [-0.2, -0.15) is 5.10 Å². The average molecular weight is 356 g/mol. The van der Waals surface area contributed by atoms with Crippen LogP contribution in [0.4, 0.5) is 0 Å². The Bertz CT molecular complexity index is 1010. The molecular weight excluding hydrogens is 332 g/mol. The first-order valence-electron chi connectivity index (χ1n) is 9.30. The third-order valence-corrected chi connectivity index (χ3v) is 5.50. The fourth-order valence-corrected chi connectivity index (χ4v) is 4.12. The van der Waals surface area contributed by atoms with Gasteiger partial charge in [-0.3, -0.25) is 14.0 Å². The lowest BCUT2D eigenvalue weighted by Gasteiger charge is -2.28. The van der Waals surface area contributed by atoms with Crippen molar-refractivity contribution in [1.29, 1.82) is 0 Å². The summed E-state index contributed by atoms with van der Waals surface area (Å²) >= 11 is 0. The summed E-state index contributed by atoms with van der Waals surface area (Å²) in [5, 5.41) is 7.38. The molecule has 26 heavy (non-hydrogen) atoms. The number of amides is 1. The number of rotatable bonds is 4. The van der Waals surface area contributed by atoms with E-state index in [1.807, 2.05) is 6.92 Å². The van der Waals surface area contributed by atoms with Crippen LogP contribution in [0.2, 0.25) is 0 Å². The van der Waals surface area contributed by atoms with E-state index in [9.17, 15) is 9.59 Å². The normalized spacial score (nSPS) is 17.0. The van der Waals surface area contributed by atoms with Gasteiger partial charge in [0.25, 0.3) is 5.56 Å². The second kappa shape index (κ2) is 6.63. The largest absolute Gasteiger partial charge is 0.463 e. The van der Waals surface area contributed by atoms with Gasteiger partial charge >= 0.3 is 0 Å². The molecule has 1 aliphatic carbocycles. The van der Waals surface area contributed by atoms with E-state index in [2.05, 4.69) is 17.3 Å². The van der Waals surface area contributed by atoms with Crippen LogP contribution in [0.3, 0.4) is 0 Å². The summed E-state index contributed by atoms with van der Waals surface area (Å²) in [6, 6.07) is 3.63. The van der Waals surface area contributed by atoms with E-state index in [4.69, 9.17) is 4.42 Å². The molecule has 1 atom stereocenters. The van der Waals surface area contributed by atoms with E-state index < -0.39 is 0 Å². The lowest BCUT2D eigenvalue weighted by molar-refractivity contribution is -0.123. The van der Waals surface area contributed by atoms with Crippen LogP contribution in [0.5, 0.6) is 0 Å². The van der Waals surface area contributed by atoms with Crippen LogP contribution >= 0.6 is 0 Å². The molecule has 7 heteroatoms. The molecule has 1 unspecified atom stereocenters. The SMILES string of the molecule is Cc1nn(CC(=O)NC(C)C2CCCCC2)c(=O)c2cc3occc3n12. The van der Waals surface area contributed by atoms with Crippen molar-refractivity contribution in [1.82, 2.24) is 19.5 Å². The highest BCUT2D eigenvalue weighted by molar-refractivity contribution is 5.82. The molecule has 0 aliphatic heterocycles. The molecule has 0 saturated heterocycles. The zero-order chi connectivity index (χ0) is 18.3. The van der Waals surface area contributed by atoms with Crippen LogP contribution in [0.1, 0.15) is 44.9 Å². The number of fused-ring (bicyclic) bond motifs is 3. The minimum atomic E-state index is -0.289. The number of aryl methyl sites for hydroxylation is 1. The van der Waals surface area contributed by atoms with E-state index in [1.165, 1.54) is 23.9 Å². The maximum atomic E-state index is 12.7. The van der Waals surface area contributed by atoms with Crippen LogP contribution in [-0.4, -0.2) is 26.1 Å². The minimum Gasteiger partial charge on any atom is -0.463 e. The number of hydrogen-bond donors (Lipinski definition) is 1. The van der Waals surface area contributed by atoms with E-state index in [0.29, 0.717) is 22.8 Å². The molecule has 0 spiro atoms. The Kier molecular flexibility index (Phi) is 4.30. The van der Waals surface area contributed by atoms with Crippen molar-refractivity contribution in [3.63, 3.8) is 0 Å². The van der Waals surface area contributed by atoms with Gasteiger partial charge in [0, 0.05) is 18.2 Å². The number of nitrogens with zero attached hydrogens (tertiary/aromatic N) is 3. The van der Waals surface area contributed by atoms with E-state index in [1.54, 1.807) is 22.8 Å². The van der Waals surface area contributed by atoms with Gasteiger partial charge in [0.1, 0.15) is 17.9 Å². The van der Waals surface area contributed by atoms with Crippen molar-refractivity contribution in [3.8, 4) is 0 Å². The Morgan fingerprint density at radius 2 is 2.12 bits per heavy atom. The van der Waals surface area contributed by atoms with Crippen LogP contribution in [0.15, 0.2) is 27.6 Å². The molecule has 1 aliphatic rings. The Hall–Kier alpha value is -2.57. The van der Waals surface area contributed by atoms with Crippen molar-refractivity contribution in [2.45, 2.75) is 58.5 Å². The maximum Gasteiger partial charge on any atom is 0.291 e. The standard InChI is InChI=1S/C19H24N4O3/c1-12(14-6-4-3-5-7-14)20-18(24)11-22-19(25)16-10-17-15(8-9-26-17)23(16)13(2)21-22/h8-10,12,14H,3-7,11H2,1-2H3,(H,20,24). The second-order valence-corrected chi connectivity index (χ2v) is 7.30. The van der Waals surface area contributed by atoms with E-state index >= 15 is 0 Å². The lowest BCUT2D eigenvalue weighted by atomic mass is 9.84. The zero-order valence-corrected chi connectivity index (χ0v) is 15.2. The van der Waals surface area contributed by atoms with Crippen LogP contribution in [-0.2, 0) is 11.3 Å². The molecule has 3 aromatic rings. The molecule has 3 aromatic heterocycles. The molecule has 0 radical (unpaired) electrons. The fraction of sp³-hybridized carbons (Fsp3) is 0.526. The van der Waals surface area contributed by atoms with Gasteiger partial charge < -0.3 is 9.73 Å². The Labute approximate surface area is 151 Å². The molecular formula is C19H24N4O3. The molecule has 0 bridgehead atoms. The molecule has 1 saturated carbocycles. The van der Waals surface area contributed by atoms with Crippen LogP contribution < -0.4 is 10.9 Å². The minimum absolute atomic E-state index is 0.0697. The number of carbonyl (C=O) groups is 1. The fourth-order valence-electron chi connectivity index (χ4n) is 4.12. The van der Waals surface area contributed by atoms with Crippen molar-refractivity contribution < 1.29 is 9.21 Å². The number of furan rings is 1. The van der Waals surface area contributed by atoms with Crippen LogP contribution in [0.25, 0.3) is 16.6 Å². The van der Waals surface area contributed by atoms with Crippen molar-refractivity contribution in [2.24, 2.45) is 5.92 Å². The van der Waals surface area contributed by atoms with Gasteiger partial charge in [-0.05, 0) is 32.6 Å². The van der Waals surface area contributed by atoms with E-state index in [0.717, 1.165) is 18.4 Å². The van der Waals surface area contributed by atoms with Crippen LogP contribution in [0, 0.1) is 12.8 Å². The lowest BCUT2D eigenvalue weighted by Crippen LogP contribution is -2.42. The highest BCUT2D eigenvalue weighted by Gasteiger charge is 2.22. The molecule has 3 heterocycles. The first-order chi connectivity index (χ1) is 12.5. The smallest absolute Gasteiger partial charge is 0.291 e. The Morgan fingerprint density at radius 3 is 2.88 bits per heavy atom. The third kappa shape index (κ3) is 2.91. The van der Waals surface area contributed by atoms with Gasteiger partial charge in [0.05, 0.1) is 11.8 Å². The summed E-state index contributed by atoms with van der Waals surface area (Å²) < 4.78 is 8.38. The second-order valence-electron chi connectivity index (χ2n) is 7.30. The third-order valence-electron chi connectivity index (χ3n) is 5.50. The summed E-state index contributed by atoms with van der Waals surface area (Å²) in [6.45, 7) is 3.80. The number of aromatic nitrogens is 3. The molecule has 4 rings (SSSR count). The zero-order valence-electron chi connectivity index (χ0n) is 15.2. The molecule has 138 valence electrons. The maximum absolute atomic E-state index is 12.7. The van der Waals surface area contributed by atoms with Gasteiger partial charge in [0.2, 0.25) is 5.91 Å². The van der Waals surface area contributed by atoms with Gasteiger partial charge in [-0.15, -0.1) is 0 Å².